The summed E-state index contributed by atoms with van der Waals surface area (Å²) in [4.78, 5) is 3.84. The fourth-order valence-electron chi connectivity index (χ4n) is 2.23. The second kappa shape index (κ2) is 7.07. The molecule has 0 aliphatic carbocycles. The van der Waals surface area contributed by atoms with E-state index in [9.17, 15) is 0 Å². The summed E-state index contributed by atoms with van der Waals surface area (Å²) in [6.45, 7) is 9.21. The van der Waals surface area contributed by atoms with Gasteiger partial charge in [-0.25, -0.2) is 0 Å². The summed E-state index contributed by atoms with van der Waals surface area (Å²) in [5.74, 6) is 2.10. The Labute approximate surface area is 125 Å². The van der Waals surface area contributed by atoms with Crippen LogP contribution in [0, 0.1) is 6.92 Å². The third-order valence-corrected chi connectivity index (χ3v) is 4.30. The fourth-order valence-corrected chi connectivity index (χ4v) is 2.96. The average molecular weight is 292 g/mol. The molecule has 4 heteroatoms. The highest BCUT2D eigenvalue weighted by atomic mass is 32.1. The minimum absolute atomic E-state index is 0.496. The Kier molecular flexibility index (Phi) is 5.40. The zero-order chi connectivity index (χ0) is 14.5. The van der Waals surface area contributed by atoms with Crippen LogP contribution in [0.2, 0.25) is 0 Å². The smallest absolute Gasteiger partial charge is 0.120 e. The van der Waals surface area contributed by atoms with Gasteiger partial charge in [-0.05, 0) is 50.9 Å². The standard InChI is InChI=1S/C16H24N2OS/c1-12(2)18(11-15-6-5-7-20-15)10-14-8-13(3)16(19-14)9-17-4/h5-8,12,17H,9-11H2,1-4H3. The van der Waals surface area contributed by atoms with E-state index in [0.29, 0.717) is 6.04 Å². The summed E-state index contributed by atoms with van der Waals surface area (Å²) in [7, 11) is 1.94. The van der Waals surface area contributed by atoms with Gasteiger partial charge in [0, 0.05) is 17.5 Å². The van der Waals surface area contributed by atoms with Crippen molar-refractivity contribution in [3.63, 3.8) is 0 Å². The number of thiophene rings is 1. The number of furan rings is 1. The summed E-state index contributed by atoms with van der Waals surface area (Å²) in [5, 5.41) is 5.28. The van der Waals surface area contributed by atoms with Gasteiger partial charge in [0.25, 0.3) is 0 Å². The third kappa shape index (κ3) is 3.95. The van der Waals surface area contributed by atoms with Gasteiger partial charge in [0.15, 0.2) is 0 Å². The van der Waals surface area contributed by atoms with Crippen LogP contribution in [0.5, 0.6) is 0 Å². The first-order valence-electron chi connectivity index (χ1n) is 7.09. The van der Waals surface area contributed by atoms with E-state index in [1.807, 2.05) is 18.4 Å². The Morgan fingerprint density at radius 2 is 2.15 bits per heavy atom. The van der Waals surface area contributed by atoms with Gasteiger partial charge in [-0.2, -0.15) is 0 Å². The van der Waals surface area contributed by atoms with Crippen molar-refractivity contribution in [3.8, 4) is 0 Å². The van der Waals surface area contributed by atoms with Gasteiger partial charge < -0.3 is 9.73 Å². The number of hydrogen-bond acceptors (Lipinski definition) is 4. The molecule has 2 aromatic rings. The molecule has 0 aromatic carbocycles. The van der Waals surface area contributed by atoms with Crippen LogP contribution in [-0.4, -0.2) is 18.0 Å². The Balaban J connectivity index is 2.06. The molecule has 20 heavy (non-hydrogen) atoms. The quantitative estimate of drug-likeness (QED) is 0.842. The van der Waals surface area contributed by atoms with Crippen LogP contribution in [-0.2, 0) is 19.6 Å². The molecule has 0 bridgehead atoms. The molecule has 0 unspecified atom stereocenters. The molecule has 2 aromatic heterocycles. The first-order valence-corrected chi connectivity index (χ1v) is 7.97. The maximum atomic E-state index is 5.95. The van der Waals surface area contributed by atoms with Crippen LogP contribution in [0.15, 0.2) is 28.0 Å². The van der Waals surface area contributed by atoms with Gasteiger partial charge in [-0.3, -0.25) is 4.90 Å². The SMILES string of the molecule is CNCc1oc(CN(Cc2cccs2)C(C)C)cc1C. The maximum absolute atomic E-state index is 5.95. The lowest BCUT2D eigenvalue weighted by molar-refractivity contribution is 0.188. The van der Waals surface area contributed by atoms with Crippen molar-refractivity contribution in [2.45, 2.75) is 46.4 Å². The molecule has 0 radical (unpaired) electrons. The Bertz CT molecular complexity index is 517. The van der Waals surface area contributed by atoms with E-state index in [4.69, 9.17) is 4.42 Å². The molecule has 0 saturated heterocycles. The number of aryl methyl sites for hydroxylation is 1. The highest BCUT2D eigenvalue weighted by molar-refractivity contribution is 7.09. The van der Waals surface area contributed by atoms with Crippen molar-refractivity contribution in [3.05, 3.63) is 45.5 Å². The lowest BCUT2D eigenvalue weighted by Crippen LogP contribution is -2.29. The molecule has 0 spiro atoms. The topological polar surface area (TPSA) is 28.4 Å². The zero-order valence-corrected chi connectivity index (χ0v) is 13.6. The molecular weight excluding hydrogens is 268 g/mol. The van der Waals surface area contributed by atoms with E-state index in [1.165, 1.54) is 10.4 Å². The molecule has 0 fully saturated rings. The summed E-state index contributed by atoms with van der Waals surface area (Å²) < 4.78 is 5.95. The molecule has 3 nitrogen and oxygen atoms in total. The van der Waals surface area contributed by atoms with Crippen LogP contribution in [0.3, 0.4) is 0 Å². The van der Waals surface area contributed by atoms with Crippen molar-refractivity contribution < 1.29 is 4.42 Å². The van der Waals surface area contributed by atoms with E-state index in [0.717, 1.165) is 31.2 Å². The van der Waals surface area contributed by atoms with Gasteiger partial charge in [0.1, 0.15) is 11.5 Å². The van der Waals surface area contributed by atoms with Gasteiger partial charge in [0.05, 0.1) is 13.1 Å². The molecule has 0 aliphatic rings. The number of nitrogens with one attached hydrogen (secondary N) is 1. The van der Waals surface area contributed by atoms with E-state index in [1.54, 1.807) is 0 Å². The average Bonchev–Trinajstić information content (AvgIpc) is 3.00. The van der Waals surface area contributed by atoms with Crippen molar-refractivity contribution in [2.24, 2.45) is 0 Å². The normalized spacial score (nSPS) is 11.7. The summed E-state index contributed by atoms with van der Waals surface area (Å²) in [6.07, 6.45) is 0. The number of nitrogens with zero attached hydrogens (tertiary/aromatic N) is 1. The second-order valence-corrected chi connectivity index (χ2v) is 6.46. The zero-order valence-electron chi connectivity index (χ0n) is 12.8. The summed E-state index contributed by atoms with van der Waals surface area (Å²) in [5.41, 5.74) is 1.23. The highest BCUT2D eigenvalue weighted by Gasteiger charge is 2.15. The molecule has 0 saturated carbocycles. The first-order chi connectivity index (χ1) is 9.60. The lowest BCUT2D eigenvalue weighted by Gasteiger charge is -2.24. The Morgan fingerprint density at radius 3 is 2.75 bits per heavy atom. The Hall–Kier alpha value is -1.10. The molecule has 0 atom stereocenters. The van der Waals surface area contributed by atoms with E-state index in [-0.39, 0.29) is 0 Å². The monoisotopic (exact) mass is 292 g/mol. The third-order valence-electron chi connectivity index (χ3n) is 3.44. The van der Waals surface area contributed by atoms with Crippen LogP contribution in [0.4, 0.5) is 0 Å². The molecule has 0 amide bonds. The van der Waals surface area contributed by atoms with Crippen LogP contribution in [0.25, 0.3) is 0 Å². The van der Waals surface area contributed by atoms with Crippen LogP contribution in [0.1, 0.15) is 35.8 Å². The largest absolute Gasteiger partial charge is 0.463 e. The maximum Gasteiger partial charge on any atom is 0.120 e. The molecule has 2 rings (SSSR count). The van der Waals surface area contributed by atoms with Crippen LogP contribution >= 0.6 is 11.3 Å². The second-order valence-electron chi connectivity index (χ2n) is 5.43. The minimum Gasteiger partial charge on any atom is -0.463 e. The minimum atomic E-state index is 0.496. The molecule has 110 valence electrons. The molecule has 0 aliphatic heterocycles. The van der Waals surface area contributed by atoms with Gasteiger partial charge in [-0.15, -0.1) is 11.3 Å². The van der Waals surface area contributed by atoms with E-state index < -0.39 is 0 Å². The van der Waals surface area contributed by atoms with Crippen molar-refractivity contribution >= 4 is 11.3 Å². The molecule has 2 heterocycles. The molecular formula is C16H24N2OS. The van der Waals surface area contributed by atoms with E-state index in [2.05, 4.69) is 54.6 Å². The van der Waals surface area contributed by atoms with Crippen molar-refractivity contribution in [1.82, 2.24) is 10.2 Å². The van der Waals surface area contributed by atoms with Gasteiger partial charge in [0.2, 0.25) is 0 Å². The van der Waals surface area contributed by atoms with Gasteiger partial charge >= 0.3 is 0 Å². The van der Waals surface area contributed by atoms with Crippen molar-refractivity contribution in [1.29, 1.82) is 0 Å². The highest BCUT2D eigenvalue weighted by Crippen LogP contribution is 2.20. The number of hydrogen-bond donors (Lipinski definition) is 1. The predicted molar refractivity (Wildman–Crippen MR) is 84.9 cm³/mol. The fraction of sp³-hybridized carbons (Fsp3) is 0.500. The Morgan fingerprint density at radius 1 is 1.35 bits per heavy atom. The first kappa shape index (κ1) is 15.3. The summed E-state index contributed by atoms with van der Waals surface area (Å²) in [6, 6.07) is 6.96. The lowest BCUT2D eigenvalue weighted by atomic mass is 10.2. The molecule has 1 N–H and O–H groups in total. The van der Waals surface area contributed by atoms with Crippen molar-refractivity contribution in [2.75, 3.05) is 7.05 Å². The van der Waals surface area contributed by atoms with E-state index >= 15 is 0 Å². The van der Waals surface area contributed by atoms with Gasteiger partial charge in [-0.1, -0.05) is 6.07 Å². The van der Waals surface area contributed by atoms with Crippen LogP contribution < -0.4 is 5.32 Å². The summed E-state index contributed by atoms with van der Waals surface area (Å²) >= 11 is 1.81. The number of rotatable bonds is 7. The predicted octanol–water partition coefficient (Wildman–Crippen LogP) is 3.78.